The van der Waals surface area contributed by atoms with Crippen molar-refractivity contribution in [3.63, 3.8) is 0 Å². The highest BCUT2D eigenvalue weighted by Crippen LogP contribution is 2.14. The molecule has 1 aromatic carbocycles. The number of ether oxygens (including phenoxy) is 2. The van der Waals surface area contributed by atoms with Crippen LogP contribution in [0.2, 0.25) is 0 Å². The molecule has 2 rings (SSSR count). The molecule has 0 saturated carbocycles. The summed E-state index contributed by atoms with van der Waals surface area (Å²) in [5.41, 5.74) is 1.06. The predicted molar refractivity (Wildman–Crippen MR) is 116 cm³/mol. The lowest BCUT2D eigenvalue weighted by molar-refractivity contribution is 0.0904. The van der Waals surface area contributed by atoms with Gasteiger partial charge in [-0.05, 0) is 38.5 Å². The molecule has 0 amide bonds. The minimum atomic E-state index is -3.30. The average Bonchev–Trinajstić information content (AvgIpc) is 2.71. The van der Waals surface area contributed by atoms with Crippen molar-refractivity contribution in [1.82, 2.24) is 14.5 Å². The van der Waals surface area contributed by atoms with Gasteiger partial charge in [0.15, 0.2) is 5.96 Å². The van der Waals surface area contributed by atoms with E-state index in [0.29, 0.717) is 32.7 Å². The first kappa shape index (κ1) is 23.4. The molecule has 8 nitrogen and oxygen atoms in total. The van der Waals surface area contributed by atoms with Gasteiger partial charge in [0.25, 0.3) is 0 Å². The van der Waals surface area contributed by atoms with Crippen LogP contribution in [-0.2, 0) is 21.3 Å². The summed E-state index contributed by atoms with van der Waals surface area (Å²) in [6.45, 7) is 9.45. The van der Waals surface area contributed by atoms with E-state index in [0.717, 1.165) is 23.8 Å². The summed E-state index contributed by atoms with van der Waals surface area (Å²) in [5.74, 6) is 1.63. The van der Waals surface area contributed by atoms with E-state index >= 15 is 0 Å². The number of methoxy groups -OCH3 is 1. The van der Waals surface area contributed by atoms with Gasteiger partial charge in [-0.25, -0.2) is 13.4 Å². The first-order valence-electron chi connectivity index (χ1n) is 10.1. The molecule has 0 aliphatic carbocycles. The Hall–Kier alpha value is -1.84. The van der Waals surface area contributed by atoms with Gasteiger partial charge in [0, 0.05) is 32.7 Å². The summed E-state index contributed by atoms with van der Waals surface area (Å²) in [4.78, 5) is 6.84. The van der Waals surface area contributed by atoms with Gasteiger partial charge < -0.3 is 19.7 Å². The second kappa shape index (κ2) is 11.4. The number of hydrogen-bond acceptors (Lipinski definition) is 5. The van der Waals surface area contributed by atoms with Crippen LogP contribution in [0.1, 0.15) is 26.3 Å². The monoisotopic (exact) mass is 426 g/mol. The van der Waals surface area contributed by atoms with Crippen LogP contribution < -0.4 is 10.1 Å². The normalized spacial score (nSPS) is 16.3. The molecule has 9 heteroatoms. The maximum Gasteiger partial charge on any atom is 0.216 e. The smallest absolute Gasteiger partial charge is 0.216 e. The van der Waals surface area contributed by atoms with Crippen LogP contribution in [-0.4, -0.2) is 81.9 Å². The molecule has 1 aliphatic rings. The maximum absolute atomic E-state index is 12.5. The third kappa shape index (κ3) is 7.49. The fourth-order valence-electron chi connectivity index (χ4n) is 3.06. The molecular formula is C20H34N4O4S. The van der Waals surface area contributed by atoms with Crippen LogP contribution in [0.15, 0.2) is 29.3 Å². The van der Waals surface area contributed by atoms with E-state index in [1.807, 2.05) is 45.0 Å². The van der Waals surface area contributed by atoms with Gasteiger partial charge in [-0.1, -0.05) is 12.1 Å². The first-order valence-corrected chi connectivity index (χ1v) is 11.7. The number of nitrogens with one attached hydrogen (secondary N) is 1. The Morgan fingerprint density at radius 1 is 1.24 bits per heavy atom. The van der Waals surface area contributed by atoms with Gasteiger partial charge in [-0.3, -0.25) is 0 Å². The average molecular weight is 427 g/mol. The summed E-state index contributed by atoms with van der Waals surface area (Å²) in [6.07, 6.45) is 0.0329. The first-order chi connectivity index (χ1) is 13.9. The molecular weight excluding hydrogens is 392 g/mol. The number of sulfonamides is 1. The van der Waals surface area contributed by atoms with Crippen LogP contribution in [0.25, 0.3) is 0 Å². The molecule has 1 saturated heterocycles. The van der Waals surface area contributed by atoms with Crippen molar-refractivity contribution in [3.05, 3.63) is 29.8 Å². The highest BCUT2D eigenvalue weighted by molar-refractivity contribution is 7.89. The van der Waals surface area contributed by atoms with Crippen LogP contribution in [0.4, 0.5) is 0 Å². The Balaban J connectivity index is 1.94. The van der Waals surface area contributed by atoms with Crippen LogP contribution >= 0.6 is 0 Å². The van der Waals surface area contributed by atoms with Gasteiger partial charge in [0.05, 0.1) is 32.1 Å². The number of piperazine rings is 1. The van der Waals surface area contributed by atoms with Crippen LogP contribution in [0, 0.1) is 0 Å². The molecule has 0 aromatic heterocycles. The SMILES string of the molecule is CCNC(=NCc1cccc(OC)c1)N1CCN(S(=O)(=O)CCOC(C)C)CC1. The number of aliphatic imine (C=N–C) groups is 1. The standard InChI is InChI=1S/C20H34N4O4S/c1-5-21-20(22-16-18-7-6-8-19(15-18)27-4)23-9-11-24(12-10-23)29(25,26)14-13-28-17(2)3/h6-8,15,17H,5,9-14,16H2,1-4H3,(H,21,22). The van der Waals surface area contributed by atoms with Gasteiger partial charge in [-0.2, -0.15) is 4.31 Å². The predicted octanol–water partition coefficient (Wildman–Crippen LogP) is 1.53. The zero-order valence-corrected chi connectivity index (χ0v) is 18.7. The number of guanidine groups is 1. The van der Waals surface area contributed by atoms with E-state index in [1.54, 1.807) is 11.4 Å². The van der Waals surface area contributed by atoms with Crippen LogP contribution in [0.5, 0.6) is 5.75 Å². The summed E-state index contributed by atoms with van der Waals surface area (Å²) in [6, 6.07) is 7.84. The largest absolute Gasteiger partial charge is 0.497 e. The Morgan fingerprint density at radius 3 is 2.59 bits per heavy atom. The fraction of sp³-hybridized carbons (Fsp3) is 0.650. The van der Waals surface area contributed by atoms with E-state index in [-0.39, 0.29) is 18.5 Å². The second-order valence-corrected chi connectivity index (χ2v) is 9.23. The van der Waals surface area contributed by atoms with E-state index in [1.165, 1.54) is 0 Å². The third-order valence-electron chi connectivity index (χ3n) is 4.60. The Morgan fingerprint density at radius 2 is 1.97 bits per heavy atom. The molecule has 1 heterocycles. The quantitative estimate of drug-likeness (QED) is 0.476. The van der Waals surface area contributed by atoms with Crippen molar-refractivity contribution in [3.8, 4) is 5.75 Å². The number of rotatable bonds is 9. The summed E-state index contributed by atoms with van der Waals surface area (Å²) >= 11 is 0. The zero-order chi connectivity index (χ0) is 21.3. The number of benzene rings is 1. The van der Waals surface area contributed by atoms with Gasteiger partial charge in [0.1, 0.15) is 5.75 Å². The van der Waals surface area contributed by atoms with E-state index in [2.05, 4.69) is 10.2 Å². The fourth-order valence-corrected chi connectivity index (χ4v) is 4.34. The molecule has 1 aromatic rings. The lowest BCUT2D eigenvalue weighted by Crippen LogP contribution is -2.54. The lowest BCUT2D eigenvalue weighted by Gasteiger charge is -2.36. The molecule has 164 valence electrons. The van der Waals surface area contributed by atoms with Gasteiger partial charge in [-0.15, -0.1) is 0 Å². The minimum absolute atomic E-state index is 0.0230. The van der Waals surface area contributed by atoms with E-state index in [9.17, 15) is 8.42 Å². The van der Waals surface area contributed by atoms with E-state index < -0.39 is 10.0 Å². The van der Waals surface area contributed by atoms with Crippen molar-refractivity contribution < 1.29 is 17.9 Å². The second-order valence-electron chi connectivity index (χ2n) is 7.14. The maximum atomic E-state index is 12.5. The Kier molecular flexibility index (Phi) is 9.19. The van der Waals surface area contributed by atoms with Crippen molar-refractivity contribution >= 4 is 16.0 Å². The topological polar surface area (TPSA) is 83.5 Å². The van der Waals surface area contributed by atoms with Crippen molar-refractivity contribution in [2.45, 2.75) is 33.4 Å². The molecule has 0 bridgehead atoms. The molecule has 0 atom stereocenters. The number of nitrogens with zero attached hydrogens (tertiary/aromatic N) is 3. The zero-order valence-electron chi connectivity index (χ0n) is 17.9. The van der Waals surface area contributed by atoms with Crippen LogP contribution in [0.3, 0.4) is 0 Å². The molecule has 1 fully saturated rings. The highest BCUT2D eigenvalue weighted by Gasteiger charge is 2.28. The molecule has 0 unspecified atom stereocenters. The molecule has 1 aliphatic heterocycles. The Labute approximate surface area is 174 Å². The van der Waals surface area contributed by atoms with Crippen molar-refractivity contribution in [1.29, 1.82) is 0 Å². The summed E-state index contributed by atoms with van der Waals surface area (Å²) < 4.78 is 37.2. The van der Waals surface area contributed by atoms with E-state index in [4.69, 9.17) is 14.5 Å². The van der Waals surface area contributed by atoms with Crippen molar-refractivity contribution in [2.75, 3.05) is 52.2 Å². The Bertz CT molecular complexity index is 759. The van der Waals surface area contributed by atoms with Gasteiger partial charge >= 0.3 is 0 Å². The summed E-state index contributed by atoms with van der Waals surface area (Å²) in [7, 11) is -1.65. The minimum Gasteiger partial charge on any atom is -0.497 e. The highest BCUT2D eigenvalue weighted by atomic mass is 32.2. The summed E-state index contributed by atoms with van der Waals surface area (Å²) in [5, 5.41) is 3.31. The molecule has 1 N–H and O–H groups in total. The molecule has 0 spiro atoms. The van der Waals surface area contributed by atoms with Gasteiger partial charge in [0.2, 0.25) is 10.0 Å². The molecule has 0 radical (unpaired) electrons. The van der Waals surface area contributed by atoms with Crippen molar-refractivity contribution in [2.24, 2.45) is 4.99 Å². The third-order valence-corrected chi connectivity index (χ3v) is 6.44. The lowest BCUT2D eigenvalue weighted by atomic mass is 10.2. The molecule has 29 heavy (non-hydrogen) atoms. The number of hydrogen-bond donors (Lipinski definition) is 1.